The van der Waals surface area contributed by atoms with Gasteiger partial charge >= 0.3 is 0 Å². The number of pyridine rings is 1. The van der Waals surface area contributed by atoms with Crippen LogP contribution in [-0.4, -0.2) is 13.1 Å². The number of hydrogen-bond donors (Lipinski definition) is 0. The molecule has 0 atom stereocenters. The molecule has 0 fully saturated rings. The lowest BCUT2D eigenvalue weighted by Crippen LogP contribution is -2.37. The van der Waals surface area contributed by atoms with Crippen LogP contribution in [-0.2, 0) is 0 Å². The topological polar surface area (TPSA) is 12.9 Å². The molecule has 0 radical (unpaired) electrons. The van der Waals surface area contributed by atoms with Gasteiger partial charge < -0.3 is 0 Å². The highest BCUT2D eigenvalue weighted by atomic mass is 28.3. The van der Waals surface area contributed by atoms with Crippen LogP contribution in [0.5, 0.6) is 0 Å². The van der Waals surface area contributed by atoms with Gasteiger partial charge in [-0.05, 0) is 28.3 Å². The molecule has 3 rings (SSSR count). The lowest BCUT2D eigenvalue weighted by Gasteiger charge is -2.16. The van der Waals surface area contributed by atoms with E-state index in [2.05, 4.69) is 79.2 Å². The first-order valence-electron chi connectivity index (χ1n) is 7.65. The van der Waals surface area contributed by atoms with Gasteiger partial charge in [0.15, 0.2) is 0 Å². The Labute approximate surface area is 133 Å². The second-order valence-corrected chi connectivity index (χ2v) is 11.7. The van der Waals surface area contributed by atoms with Gasteiger partial charge in [-0.1, -0.05) is 79.4 Å². The molecule has 3 aromatic rings. The van der Waals surface area contributed by atoms with Crippen molar-refractivity contribution in [3.05, 3.63) is 73.1 Å². The zero-order valence-electron chi connectivity index (χ0n) is 13.4. The zero-order valence-corrected chi connectivity index (χ0v) is 14.4. The van der Waals surface area contributed by atoms with Crippen molar-refractivity contribution in [2.45, 2.75) is 19.6 Å². The summed E-state index contributed by atoms with van der Waals surface area (Å²) >= 11 is 0. The molecular formula is C20H21NSi. The van der Waals surface area contributed by atoms with E-state index in [1.54, 1.807) is 6.20 Å². The molecule has 2 heteroatoms. The molecule has 0 saturated heterocycles. The Morgan fingerprint density at radius 3 is 1.59 bits per heavy atom. The van der Waals surface area contributed by atoms with Gasteiger partial charge in [-0.2, -0.15) is 0 Å². The van der Waals surface area contributed by atoms with E-state index < -0.39 is 8.07 Å². The molecule has 0 aliphatic rings. The molecular weight excluding hydrogens is 282 g/mol. The fourth-order valence-electron chi connectivity index (χ4n) is 2.55. The first-order valence-corrected chi connectivity index (χ1v) is 11.2. The Hall–Kier alpha value is -2.19. The predicted molar refractivity (Wildman–Crippen MR) is 98.1 cm³/mol. The molecule has 0 N–H and O–H groups in total. The van der Waals surface area contributed by atoms with Crippen molar-refractivity contribution >= 4 is 13.3 Å². The minimum atomic E-state index is -1.22. The van der Waals surface area contributed by atoms with Gasteiger partial charge in [-0.25, -0.2) is 0 Å². The van der Waals surface area contributed by atoms with Crippen molar-refractivity contribution < 1.29 is 0 Å². The molecule has 0 bridgehead atoms. The van der Waals surface area contributed by atoms with Gasteiger partial charge in [0.2, 0.25) is 0 Å². The summed E-state index contributed by atoms with van der Waals surface area (Å²) in [4.78, 5) is 4.18. The molecule has 0 unspecified atom stereocenters. The molecule has 1 heterocycles. The fourth-order valence-corrected chi connectivity index (χ4v) is 3.72. The quantitative estimate of drug-likeness (QED) is 0.623. The smallest absolute Gasteiger partial charge is 0.0775 e. The average Bonchev–Trinajstić information content (AvgIpc) is 2.55. The largest absolute Gasteiger partial charge is 0.264 e. The third kappa shape index (κ3) is 3.17. The van der Waals surface area contributed by atoms with Crippen molar-refractivity contribution in [3.8, 4) is 22.3 Å². The summed E-state index contributed by atoms with van der Waals surface area (Å²) in [5.74, 6) is 0. The standard InChI is InChI=1S/C20H21NSi/c1-22(2,3)20-12-10-17(11-13-20)16-6-8-18(9-7-16)19-5-4-14-21-15-19/h4-15H,1-3H3. The SMILES string of the molecule is C[Si](C)(C)c1ccc(-c2ccc(-c3cccnc3)cc2)cc1. The van der Waals surface area contributed by atoms with E-state index in [1.807, 2.05) is 12.3 Å². The first kappa shape index (κ1) is 14.7. The molecule has 0 spiro atoms. The Bertz CT molecular complexity index is 738. The summed E-state index contributed by atoms with van der Waals surface area (Å²) in [5.41, 5.74) is 4.90. The maximum atomic E-state index is 4.18. The summed E-state index contributed by atoms with van der Waals surface area (Å²) in [6.45, 7) is 7.14. The lowest BCUT2D eigenvalue weighted by molar-refractivity contribution is 1.33. The Balaban J connectivity index is 1.87. The fraction of sp³-hybridized carbons (Fsp3) is 0.150. The zero-order chi connectivity index (χ0) is 15.6. The lowest BCUT2D eigenvalue weighted by atomic mass is 10.0. The number of hydrogen-bond acceptors (Lipinski definition) is 1. The summed E-state index contributed by atoms with van der Waals surface area (Å²) in [6, 6.07) is 21.8. The average molecular weight is 303 g/mol. The van der Waals surface area contributed by atoms with Gasteiger partial charge in [-0.3, -0.25) is 4.98 Å². The van der Waals surface area contributed by atoms with Crippen molar-refractivity contribution in [1.82, 2.24) is 4.98 Å². The highest BCUT2D eigenvalue weighted by Crippen LogP contribution is 2.24. The normalized spacial score (nSPS) is 11.4. The number of benzene rings is 2. The van der Waals surface area contributed by atoms with Crippen molar-refractivity contribution in [2.24, 2.45) is 0 Å². The van der Waals surface area contributed by atoms with Gasteiger partial charge in [0.05, 0.1) is 8.07 Å². The van der Waals surface area contributed by atoms with Crippen LogP contribution in [0.1, 0.15) is 0 Å². The first-order chi connectivity index (χ1) is 10.5. The van der Waals surface area contributed by atoms with Crippen LogP contribution in [0.2, 0.25) is 19.6 Å². The second-order valence-electron chi connectivity index (χ2n) is 6.65. The Morgan fingerprint density at radius 2 is 1.14 bits per heavy atom. The third-order valence-electron chi connectivity index (χ3n) is 3.96. The predicted octanol–water partition coefficient (Wildman–Crippen LogP) is 4.96. The minimum Gasteiger partial charge on any atom is -0.264 e. The van der Waals surface area contributed by atoms with Crippen LogP contribution in [0.15, 0.2) is 73.1 Å². The van der Waals surface area contributed by atoms with Crippen LogP contribution in [0.25, 0.3) is 22.3 Å². The van der Waals surface area contributed by atoms with Crippen LogP contribution in [0.3, 0.4) is 0 Å². The molecule has 0 aliphatic heterocycles. The summed E-state index contributed by atoms with van der Waals surface area (Å²) < 4.78 is 0. The second kappa shape index (κ2) is 5.89. The molecule has 0 saturated carbocycles. The molecule has 1 aromatic heterocycles. The number of rotatable bonds is 3. The van der Waals surface area contributed by atoms with E-state index in [9.17, 15) is 0 Å². The number of nitrogens with zero attached hydrogens (tertiary/aromatic N) is 1. The van der Waals surface area contributed by atoms with Crippen LogP contribution < -0.4 is 5.19 Å². The van der Waals surface area contributed by atoms with Gasteiger partial charge in [0.1, 0.15) is 0 Å². The summed E-state index contributed by atoms with van der Waals surface area (Å²) in [7, 11) is -1.22. The highest BCUT2D eigenvalue weighted by molar-refractivity contribution is 6.88. The van der Waals surface area contributed by atoms with Crippen molar-refractivity contribution in [3.63, 3.8) is 0 Å². The van der Waals surface area contributed by atoms with E-state index in [-0.39, 0.29) is 0 Å². The Morgan fingerprint density at radius 1 is 0.636 bits per heavy atom. The molecule has 110 valence electrons. The van der Waals surface area contributed by atoms with E-state index in [0.29, 0.717) is 0 Å². The number of aromatic nitrogens is 1. The van der Waals surface area contributed by atoms with Crippen LogP contribution in [0, 0.1) is 0 Å². The van der Waals surface area contributed by atoms with Crippen LogP contribution in [0.4, 0.5) is 0 Å². The molecule has 1 nitrogen and oxygen atoms in total. The molecule has 0 aliphatic carbocycles. The van der Waals surface area contributed by atoms with E-state index in [4.69, 9.17) is 0 Å². The monoisotopic (exact) mass is 303 g/mol. The van der Waals surface area contributed by atoms with Crippen molar-refractivity contribution in [2.75, 3.05) is 0 Å². The molecule has 2 aromatic carbocycles. The van der Waals surface area contributed by atoms with Gasteiger partial charge in [0, 0.05) is 12.4 Å². The Kier molecular flexibility index (Phi) is 3.95. The maximum absolute atomic E-state index is 4.18. The minimum absolute atomic E-state index is 1.16. The highest BCUT2D eigenvalue weighted by Gasteiger charge is 2.15. The summed E-state index contributed by atoms with van der Waals surface area (Å²) in [5, 5.41) is 1.50. The summed E-state index contributed by atoms with van der Waals surface area (Å²) in [6.07, 6.45) is 3.70. The van der Waals surface area contributed by atoms with E-state index in [1.165, 1.54) is 21.9 Å². The van der Waals surface area contributed by atoms with Gasteiger partial charge in [-0.15, -0.1) is 0 Å². The van der Waals surface area contributed by atoms with E-state index in [0.717, 1.165) is 5.56 Å². The van der Waals surface area contributed by atoms with Crippen molar-refractivity contribution in [1.29, 1.82) is 0 Å². The molecule has 0 amide bonds. The van der Waals surface area contributed by atoms with Crippen LogP contribution >= 0.6 is 0 Å². The maximum Gasteiger partial charge on any atom is 0.0775 e. The van der Waals surface area contributed by atoms with Gasteiger partial charge in [0.25, 0.3) is 0 Å². The van der Waals surface area contributed by atoms with E-state index >= 15 is 0 Å². The molecule has 22 heavy (non-hydrogen) atoms. The third-order valence-corrected chi connectivity index (χ3v) is 6.03.